The van der Waals surface area contributed by atoms with Crippen LogP contribution in [0.1, 0.15) is 20.4 Å². The number of aromatic nitrogens is 3. The molecule has 3 heterocycles. The van der Waals surface area contributed by atoms with Gasteiger partial charge in [0.1, 0.15) is 16.2 Å². The van der Waals surface area contributed by atoms with Crippen molar-refractivity contribution in [1.82, 2.24) is 14.4 Å². The third kappa shape index (κ3) is 2.43. The van der Waals surface area contributed by atoms with E-state index in [1.165, 1.54) is 21.9 Å². The van der Waals surface area contributed by atoms with Gasteiger partial charge in [0.2, 0.25) is 0 Å². The Labute approximate surface area is 124 Å². The Hall–Kier alpha value is -2.54. The largest absolute Gasteiger partial charge is 0.315 e. The number of nitrogens with one attached hydrogen (secondary N) is 1. The lowest BCUT2D eigenvalue weighted by Gasteiger charge is -2.05. The number of carbonyl (C=O) groups is 1. The molecule has 1 N–H and O–H groups in total. The van der Waals surface area contributed by atoms with Gasteiger partial charge >= 0.3 is 0 Å². The SMILES string of the molecule is Cc1nc(C)c(C(=O)Nc2cnc3ccccn3c2=O)s1. The van der Waals surface area contributed by atoms with E-state index in [-0.39, 0.29) is 17.2 Å². The molecule has 3 aromatic rings. The van der Waals surface area contributed by atoms with Gasteiger partial charge in [-0.3, -0.25) is 14.0 Å². The smallest absolute Gasteiger partial charge is 0.281 e. The molecule has 21 heavy (non-hydrogen) atoms. The highest BCUT2D eigenvalue weighted by molar-refractivity contribution is 7.13. The molecule has 7 heteroatoms. The predicted molar refractivity (Wildman–Crippen MR) is 81.0 cm³/mol. The maximum Gasteiger partial charge on any atom is 0.281 e. The zero-order valence-corrected chi connectivity index (χ0v) is 12.3. The van der Waals surface area contributed by atoms with Crippen LogP contribution in [0.25, 0.3) is 5.65 Å². The molecule has 0 spiro atoms. The van der Waals surface area contributed by atoms with Crippen molar-refractivity contribution in [3.8, 4) is 0 Å². The lowest BCUT2D eigenvalue weighted by Crippen LogP contribution is -2.23. The molecule has 0 unspecified atom stereocenters. The van der Waals surface area contributed by atoms with Crippen LogP contribution in [0, 0.1) is 13.8 Å². The molecule has 0 bridgehead atoms. The minimum Gasteiger partial charge on any atom is -0.315 e. The Bertz CT molecular complexity index is 897. The van der Waals surface area contributed by atoms with Crippen molar-refractivity contribution in [3.63, 3.8) is 0 Å². The van der Waals surface area contributed by atoms with Crippen molar-refractivity contribution in [2.45, 2.75) is 13.8 Å². The zero-order valence-electron chi connectivity index (χ0n) is 11.5. The second-order valence-corrected chi connectivity index (χ2v) is 5.71. The Morgan fingerprint density at radius 2 is 2.14 bits per heavy atom. The predicted octanol–water partition coefficient (Wildman–Crippen LogP) is 2.02. The summed E-state index contributed by atoms with van der Waals surface area (Å²) in [5, 5.41) is 3.42. The number of fused-ring (bicyclic) bond motifs is 1. The first-order chi connectivity index (χ1) is 10.1. The van der Waals surface area contributed by atoms with Gasteiger partial charge in [-0.2, -0.15) is 0 Å². The lowest BCUT2D eigenvalue weighted by molar-refractivity contribution is 0.102. The van der Waals surface area contributed by atoms with E-state index in [0.29, 0.717) is 16.2 Å². The van der Waals surface area contributed by atoms with Crippen molar-refractivity contribution in [2.75, 3.05) is 5.32 Å². The number of rotatable bonds is 2. The third-order valence-electron chi connectivity index (χ3n) is 2.97. The Morgan fingerprint density at radius 3 is 2.86 bits per heavy atom. The molecule has 1 amide bonds. The summed E-state index contributed by atoms with van der Waals surface area (Å²) in [6, 6.07) is 5.26. The molecule has 3 aromatic heterocycles. The fourth-order valence-corrected chi connectivity index (χ4v) is 2.85. The molecular weight excluding hydrogens is 288 g/mol. The van der Waals surface area contributed by atoms with Gasteiger partial charge in [-0.05, 0) is 26.0 Å². The highest BCUT2D eigenvalue weighted by atomic mass is 32.1. The summed E-state index contributed by atoms with van der Waals surface area (Å²) in [6.07, 6.45) is 2.99. The number of hydrogen-bond donors (Lipinski definition) is 1. The van der Waals surface area contributed by atoms with Crippen molar-refractivity contribution in [1.29, 1.82) is 0 Å². The van der Waals surface area contributed by atoms with Crippen LogP contribution in [0.5, 0.6) is 0 Å². The molecule has 0 aromatic carbocycles. The topological polar surface area (TPSA) is 76.4 Å². The van der Waals surface area contributed by atoms with Gasteiger partial charge in [0.05, 0.1) is 16.9 Å². The molecule has 0 fully saturated rings. The summed E-state index contributed by atoms with van der Waals surface area (Å²) < 4.78 is 1.39. The van der Waals surface area contributed by atoms with E-state index >= 15 is 0 Å². The van der Waals surface area contributed by atoms with Crippen LogP contribution in [0.3, 0.4) is 0 Å². The van der Waals surface area contributed by atoms with E-state index in [0.717, 1.165) is 5.01 Å². The quantitative estimate of drug-likeness (QED) is 0.785. The van der Waals surface area contributed by atoms with E-state index in [4.69, 9.17) is 0 Å². The summed E-state index contributed by atoms with van der Waals surface area (Å²) in [5.41, 5.74) is 1.02. The van der Waals surface area contributed by atoms with Crippen LogP contribution >= 0.6 is 11.3 Å². The molecule has 0 saturated carbocycles. The Morgan fingerprint density at radius 1 is 1.33 bits per heavy atom. The minimum absolute atomic E-state index is 0.147. The molecule has 106 valence electrons. The van der Waals surface area contributed by atoms with E-state index in [1.54, 1.807) is 31.3 Å². The van der Waals surface area contributed by atoms with Gasteiger partial charge in [-0.25, -0.2) is 9.97 Å². The first kappa shape index (κ1) is 13.4. The van der Waals surface area contributed by atoms with Crippen molar-refractivity contribution in [3.05, 3.63) is 56.5 Å². The van der Waals surface area contributed by atoms with E-state index in [1.807, 2.05) is 6.92 Å². The van der Waals surface area contributed by atoms with Gasteiger partial charge in [-0.15, -0.1) is 11.3 Å². The number of amides is 1. The van der Waals surface area contributed by atoms with Crippen LogP contribution in [-0.4, -0.2) is 20.3 Å². The minimum atomic E-state index is -0.340. The summed E-state index contributed by atoms with van der Waals surface area (Å²) in [7, 11) is 0. The fourth-order valence-electron chi connectivity index (χ4n) is 2.03. The molecule has 6 nitrogen and oxygen atoms in total. The van der Waals surface area contributed by atoms with Crippen LogP contribution in [0.2, 0.25) is 0 Å². The Balaban J connectivity index is 1.99. The number of thiazole rings is 1. The normalized spacial score (nSPS) is 10.8. The number of carbonyl (C=O) groups excluding carboxylic acids is 1. The first-order valence-electron chi connectivity index (χ1n) is 6.28. The van der Waals surface area contributed by atoms with Crippen LogP contribution in [-0.2, 0) is 0 Å². The number of aryl methyl sites for hydroxylation is 2. The summed E-state index contributed by atoms with van der Waals surface area (Å²) in [5.74, 6) is -0.340. The van der Waals surface area contributed by atoms with Crippen LogP contribution < -0.4 is 10.9 Å². The average Bonchev–Trinajstić information content (AvgIpc) is 2.81. The van der Waals surface area contributed by atoms with Crippen LogP contribution in [0.15, 0.2) is 35.4 Å². The third-order valence-corrected chi connectivity index (χ3v) is 4.04. The fraction of sp³-hybridized carbons (Fsp3) is 0.143. The number of nitrogens with zero attached hydrogens (tertiary/aromatic N) is 3. The highest BCUT2D eigenvalue weighted by Crippen LogP contribution is 2.18. The molecule has 0 aliphatic rings. The number of pyridine rings is 1. The summed E-state index contributed by atoms with van der Waals surface area (Å²) in [4.78, 5) is 33.4. The maximum atomic E-state index is 12.3. The Kier molecular flexibility index (Phi) is 3.26. The molecule has 0 atom stereocenters. The molecule has 0 radical (unpaired) electrons. The number of anilines is 1. The van der Waals surface area contributed by atoms with E-state index in [2.05, 4.69) is 15.3 Å². The van der Waals surface area contributed by atoms with Crippen molar-refractivity contribution in [2.24, 2.45) is 0 Å². The zero-order chi connectivity index (χ0) is 15.0. The van der Waals surface area contributed by atoms with Crippen molar-refractivity contribution < 1.29 is 4.79 Å². The first-order valence-corrected chi connectivity index (χ1v) is 7.09. The highest BCUT2D eigenvalue weighted by Gasteiger charge is 2.15. The molecule has 0 saturated heterocycles. The maximum absolute atomic E-state index is 12.3. The van der Waals surface area contributed by atoms with E-state index in [9.17, 15) is 9.59 Å². The van der Waals surface area contributed by atoms with E-state index < -0.39 is 0 Å². The van der Waals surface area contributed by atoms with Crippen LogP contribution in [0.4, 0.5) is 5.69 Å². The average molecular weight is 300 g/mol. The van der Waals surface area contributed by atoms with Gasteiger partial charge < -0.3 is 5.32 Å². The standard InChI is InChI=1S/C14H12N4O2S/c1-8-12(21-9(2)16-8)13(19)17-10-7-15-11-5-3-4-6-18(11)14(10)20/h3-7H,1-2H3,(H,17,19). The monoisotopic (exact) mass is 300 g/mol. The van der Waals surface area contributed by atoms with Gasteiger partial charge in [0, 0.05) is 6.20 Å². The van der Waals surface area contributed by atoms with Gasteiger partial charge in [-0.1, -0.05) is 6.07 Å². The second-order valence-electron chi connectivity index (χ2n) is 4.51. The van der Waals surface area contributed by atoms with Crippen molar-refractivity contribution >= 4 is 28.6 Å². The summed E-state index contributed by atoms with van der Waals surface area (Å²) >= 11 is 1.30. The molecule has 0 aliphatic carbocycles. The summed E-state index contributed by atoms with van der Waals surface area (Å²) in [6.45, 7) is 3.60. The van der Waals surface area contributed by atoms with Gasteiger partial charge in [0.15, 0.2) is 0 Å². The molecule has 0 aliphatic heterocycles. The second kappa shape index (κ2) is 5.10. The number of hydrogen-bond acceptors (Lipinski definition) is 5. The lowest BCUT2D eigenvalue weighted by atomic mass is 10.3. The molecule has 3 rings (SSSR count). The molecular formula is C14H12N4O2S. The van der Waals surface area contributed by atoms with Gasteiger partial charge in [0.25, 0.3) is 11.5 Å².